The van der Waals surface area contributed by atoms with Crippen molar-refractivity contribution in [1.29, 1.82) is 0 Å². The molecule has 2 nitrogen and oxygen atoms in total. The normalized spacial score (nSPS) is 19.2. The maximum absolute atomic E-state index is 6.01. The third-order valence-corrected chi connectivity index (χ3v) is 2.45. The van der Waals surface area contributed by atoms with Gasteiger partial charge in [-0.25, -0.2) is 0 Å². The Labute approximate surface area is 72.8 Å². The summed E-state index contributed by atoms with van der Waals surface area (Å²) in [6.07, 6.45) is 4.47. The van der Waals surface area contributed by atoms with Crippen LogP contribution in [0.3, 0.4) is 0 Å². The van der Waals surface area contributed by atoms with Gasteiger partial charge in [0.2, 0.25) is 0 Å². The van der Waals surface area contributed by atoms with Crippen molar-refractivity contribution in [3.05, 3.63) is 29.6 Å². The maximum atomic E-state index is 6.01. The monoisotopic (exact) mass is 162 g/mol. The molecule has 1 aromatic rings. The molecule has 1 saturated carbocycles. The molecule has 0 saturated heterocycles. The van der Waals surface area contributed by atoms with E-state index in [-0.39, 0.29) is 6.04 Å². The summed E-state index contributed by atoms with van der Waals surface area (Å²) in [6, 6.07) is 4.33. The van der Waals surface area contributed by atoms with E-state index >= 15 is 0 Å². The van der Waals surface area contributed by atoms with Gasteiger partial charge >= 0.3 is 0 Å². The first kappa shape index (κ1) is 7.74. The van der Waals surface area contributed by atoms with Crippen LogP contribution in [0.5, 0.6) is 0 Å². The topological polar surface area (TPSA) is 38.9 Å². The van der Waals surface area contributed by atoms with Crippen LogP contribution in [0.25, 0.3) is 0 Å². The average molecular weight is 162 g/mol. The summed E-state index contributed by atoms with van der Waals surface area (Å²) in [4.78, 5) is 4.23. The molecule has 2 N–H and O–H groups in total. The average Bonchev–Trinajstić information content (AvgIpc) is 2.87. The minimum absolute atomic E-state index is 0.220. The Morgan fingerprint density at radius 2 is 2.25 bits per heavy atom. The van der Waals surface area contributed by atoms with Gasteiger partial charge in [0.15, 0.2) is 0 Å². The molecule has 1 heterocycles. The molecular weight excluding hydrogens is 148 g/mol. The summed E-state index contributed by atoms with van der Waals surface area (Å²) in [5.41, 5.74) is 8.25. The number of hydrogen-bond acceptors (Lipinski definition) is 2. The van der Waals surface area contributed by atoms with Crippen LogP contribution in [0.2, 0.25) is 0 Å². The fraction of sp³-hybridized carbons (Fsp3) is 0.500. The van der Waals surface area contributed by atoms with E-state index in [1.807, 2.05) is 19.2 Å². The lowest BCUT2D eigenvalue weighted by Gasteiger charge is -2.09. The lowest BCUT2D eigenvalue weighted by molar-refractivity contribution is 0.630. The number of nitrogens with two attached hydrogens (primary N) is 1. The molecule has 1 fully saturated rings. The van der Waals surface area contributed by atoms with Gasteiger partial charge in [0.25, 0.3) is 0 Å². The van der Waals surface area contributed by atoms with Crippen molar-refractivity contribution in [2.75, 3.05) is 0 Å². The Kier molecular flexibility index (Phi) is 1.85. The predicted octanol–water partition coefficient (Wildman–Crippen LogP) is 1.80. The van der Waals surface area contributed by atoms with Crippen molar-refractivity contribution in [2.45, 2.75) is 25.8 Å². The quantitative estimate of drug-likeness (QED) is 0.720. The molecular formula is C10H14N2. The second-order valence-electron chi connectivity index (χ2n) is 3.60. The van der Waals surface area contributed by atoms with E-state index in [1.165, 1.54) is 18.4 Å². The highest BCUT2D eigenvalue weighted by atomic mass is 14.7. The van der Waals surface area contributed by atoms with E-state index in [0.717, 1.165) is 11.6 Å². The first-order valence-electron chi connectivity index (χ1n) is 4.45. The Bertz CT molecular complexity index is 262. The minimum Gasteiger partial charge on any atom is -0.324 e. The van der Waals surface area contributed by atoms with Crippen LogP contribution < -0.4 is 5.73 Å². The van der Waals surface area contributed by atoms with Gasteiger partial charge in [-0.2, -0.15) is 0 Å². The molecule has 0 bridgehead atoms. The van der Waals surface area contributed by atoms with Crippen LogP contribution in [0.1, 0.15) is 30.1 Å². The van der Waals surface area contributed by atoms with E-state index in [4.69, 9.17) is 5.73 Å². The van der Waals surface area contributed by atoms with E-state index in [1.54, 1.807) is 0 Å². The van der Waals surface area contributed by atoms with E-state index in [0.29, 0.717) is 0 Å². The van der Waals surface area contributed by atoms with Gasteiger partial charge in [0.1, 0.15) is 0 Å². The smallest absolute Gasteiger partial charge is 0.0372 e. The molecule has 1 aliphatic carbocycles. The number of pyridine rings is 1. The summed E-state index contributed by atoms with van der Waals surface area (Å²) in [7, 11) is 0. The molecule has 2 rings (SSSR count). The maximum Gasteiger partial charge on any atom is 0.0372 e. The minimum atomic E-state index is 0.220. The van der Waals surface area contributed by atoms with E-state index < -0.39 is 0 Å². The summed E-state index contributed by atoms with van der Waals surface area (Å²) >= 11 is 0. The van der Waals surface area contributed by atoms with Crippen molar-refractivity contribution in [2.24, 2.45) is 11.7 Å². The van der Waals surface area contributed by atoms with Gasteiger partial charge < -0.3 is 5.73 Å². The van der Waals surface area contributed by atoms with Crippen molar-refractivity contribution in [1.82, 2.24) is 4.98 Å². The Balaban J connectivity index is 2.16. The summed E-state index contributed by atoms with van der Waals surface area (Å²) in [5.74, 6) is 0.717. The van der Waals surface area contributed by atoms with Crippen molar-refractivity contribution in [3.63, 3.8) is 0 Å². The number of nitrogens with zero attached hydrogens (tertiary/aromatic N) is 1. The zero-order valence-corrected chi connectivity index (χ0v) is 7.33. The van der Waals surface area contributed by atoms with E-state index in [9.17, 15) is 0 Å². The second-order valence-corrected chi connectivity index (χ2v) is 3.60. The largest absolute Gasteiger partial charge is 0.324 e. The third kappa shape index (κ3) is 1.48. The number of aryl methyl sites for hydroxylation is 1. The lowest BCUT2D eigenvalue weighted by atomic mass is 10.1. The predicted molar refractivity (Wildman–Crippen MR) is 48.6 cm³/mol. The van der Waals surface area contributed by atoms with Crippen LogP contribution in [0, 0.1) is 12.8 Å². The van der Waals surface area contributed by atoms with Crippen LogP contribution in [-0.2, 0) is 0 Å². The number of hydrogen-bond donors (Lipinski definition) is 1. The first-order chi connectivity index (χ1) is 5.77. The highest BCUT2D eigenvalue weighted by Crippen LogP contribution is 2.39. The van der Waals surface area contributed by atoms with Crippen molar-refractivity contribution >= 4 is 0 Å². The standard InChI is InChI=1S/C10H14N2/c1-7-2-3-9(6-12-7)10(11)8-4-5-8/h2-3,6,8,10H,4-5,11H2,1H3. The van der Waals surface area contributed by atoms with Gasteiger partial charge in [-0.05, 0) is 37.3 Å². The Morgan fingerprint density at radius 1 is 1.50 bits per heavy atom. The molecule has 1 aliphatic rings. The molecule has 0 aromatic carbocycles. The molecule has 0 aliphatic heterocycles. The van der Waals surface area contributed by atoms with Crippen LogP contribution in [-0.4, -0.2) is 4.98 Å². The first-order valence-corrected chi connectivity index (χ1v) is 4.45. The molecule has 12 heavy (non-hydrogen) atoms. The van der Waals surface area contributed by atoms with Gasteiger partial charge in [-0.15, -0.1) is 0 Å². The SMILES string of the molecule is Cc1ccc(C(N)C2CC2)cn1. The third-order valence-electron chi connectivity index (χ3n) is 2.45. The molecule has 0 radical (unpaired) electrons. The molecule has 0 spiro atoms. The summed E-state index contributed by atoms with van der Waals surface area (Å²) in [5, 5.41) is 0. The van der Waals surface area contributed by atoms with Crippen molar-refractivity contribution in [3.8, 4) is 0 Å². The van der Waals surface area contributed by atoms with E-state index in [2.05, 4.69) is 11.1 Å². The zero-order chi connectivity index (χ0) is 8.55. The number of rotatable bonds is 2. The Hall–Kier alpha value is -0.890. The summed E-state index contributed by atoms with van der Waals surface area (Å²) < 4.78 is 0. The second kappa shape index (κ2) is 2.87. The van der Waals surface area contributed by atoms with Gasteiger partial charge in [-0.1, -0.05) is 6.07 Å². The van der Waals surface area contributed by atoms with Crippen LogP contribution in [0.15, 0.2) is 18.3 Å². The van der Waals surface area contributed by atoms with Gasteiger partial charge in [-0.3, -0.25) is 4.98 Å². The van der Waals surface area contributed by atoms with Crippen LogP contribution in [0.4, 0.5) is 0 Å². The number of aromatic nitrogens is 1. The fourth-order valence-electron chi connectivity index (χ4n) is 1.40. The molecule has 1 aromatic heterocycles. The zero-order valence-electron chi connectivity index (χ0n) is 7.33. The van der Waals surface area contributed by atoms with Gasteiger partial charge in [0, 0.05) is 17.9 Å². The molecule has 1 atom stereocenters. The van der Waals surface area contributed by atoms with Crippen molar-refractivity contribution < 1.29 is 0 Å². The highest BCUT2D eigenvalue weighted by molar-refractivity contribution is 5.18. The lowest BCUT2D eigenvalue weighted by Crippen LogP contribution is -2.12. The Morgan fingerprint density at radius 3 is 2.75 bits per heavy atom. The highest BCUT2D eigenvalue weighted by Gasteiger charge is 2.29. The van der Waals surface area contributed by atoms with Gasteiger partial charge in [0.05, 0.1) is 0 Å². The molecule has 64 valence electrons. The summed E-state index contributed by atoms with van der Waals surface area (Å²) in [6.45, 7) is 1.99. The van der Waals surface area contributed by atoms with Crippen LogP contribution >= 0.6 is 0 Å². The molecule has 2 heteroatoms. The fourth-order valence-corrected chi connectivity index (χ4v) is 1.40. The molecule has 0 amide bonds. The molecule has 1 unspecified atom stereocenters.